The summed E-state index contributed by atoms with van der Waals surface area (Å²) in [5.41, 5.74) is 7.13. The predicted octanol–water partition coefficient (Wildman–Crippen LogP) is 3.55. The standard InChI is InChI=1S/C13H12BrN3O2/c14-10-5-2-1-4-9(10)8-16-12-7-3-6-11(15)13(12)17(18)19/h1-7,16H,8,15H2. The van der Waals surface area contributed by atoms with Crippen LogP contribution in [-0.4, -0.2) is 4.92 Å². The Morgan fingerprint density at radius 2 is 1.95 bits per heavy atom. The lowest BCUT2D eigenvalue weighted by Crippen LogP contribution is -2.05. The second kappa shape index (κ2) is 5.71. The van der Waals surface area contributed by atoms with E-state index in [1.165, 1.54) is 6.07 Å². The van der Waals surface area contributed by atoms with E-state index in [9.17, 15) is 10.1 Å². The summed E-state index contributed by atoms with van der Waals surface area (Å²) >= 11 is 3.43. The van der Waals surface area contributed by atoms with Crippen molar-refractivity contribution in [2.45, 2.75) is 6.54 Å². The fraction of sp³-hybridized carbons (Fsp3) is 0.0769. The van der Waals surface area contributed by atoms with Crippen LogP contribution in [-0.2, 0) is 6.54 Å². The number of nitrogens with two attached hydrogens (primary N) is 1. The molecule has 0 spiro atoms. The van der Waals surface area contributed by atoms with E-state index in [4.69, 9.17) is 5.73 Å². The third-order valence-corrected chi connectivity index (χ3v) is 3.45. The van der Waals surface area contributed by atoms with Gasteiger partial charge in [0.1, 0.15) is 11.4 Å². The van der Waals surface area contributed by atoms with E-state index in [1.54, 1.807) is 12.1 Å². The molecule has 0 aliphatic rings. The summed E-state index contributed by atoms with van der Waals surface area (Å²) < 4.78 is 0.953. The Balaban J connectivity index is 2.23. The first-order valence-electron chi connectivity index (χ1n) is 5.59. The summed E-state index contributed by atoms with van der Waals surface area (Å²) in [6.45, 7) is 0.478. The van der Waals surface area contributed by atoms with Crippen molar-refractivity contribution < 1.29 is 4.92 Å². The Labute approximate surface area is 118 Å². The third kappa shape index (κ3) is 3.03. The number of halogens is 1. The fourth-order valence-electron chi connectivity index (χ4n) is 1.74. The molecule has 2 aromatic carbocycles. The summed E-state index contributed by atoms with van der Waals surface area (Å²) in [4.78, 5) is 10.5. The zero-order valence-electron chi connectivity index (χ0n) is 9.97. The van der Waals surface area contributed by atoms with E-state index >= 15 is 0 Å². The van der Waals surface area contributed by atoms with Crippen LogP contribution >= 0.6 is 15.9 Å². The van der Waals surface area contributed by atoms with Gasteiger partial charge in [0.15, 0.2) is 0 Å². The van der Waals surface area contributed by atoms with Crippen LogP contribution in [0.3, 0.4) is 0 Å². The zero-order valence-corrected chi connectivity index (χ0v) is 11.6. The molecule has 0 unspecified atom stereocenters. The normalized spacial score (nSPS) is 10.2. The molecule has 0 atom stereocenters. The molecule has 2 aromatic rings. The quantitative estimate of drug-likeness (QED) is 0.512. The molecule has 0 saturated heterocycles. The van der Waals surface area contributed by atoms with E-state index < -0.39 is 4.92 Å². The van der Waals surface area contributed by atoms with Crippen molar-refractivity contribution in [3.8, 4) is 0 Å². The molecule has 2 rings (SSSR count). The van der Waals surface area contributed by atoms with Crippen molar-refractivity contribution in [3.05, 3.63) is 62.6 Å². The Bertz CT molecular complexity index is 617. The topological polar surface area (TPSA) is 81.2 Å². The van der Waals surface area contributed by atoms with Gasteiger partial charge in [0.05, 0.1) is 4.92 Å². The van der Waals surface area contributed by atoms with Crippen LogP contribution < -0.4 is 11.1 Å². The van der Waals surface area contributed by atoms with Crippen molar-refractivity contribution in [2.75, 3.05) is 11.1 Å². The monoisotopic (exact) mass is 321 g/mol. The molecule has 0 heterocycles. The highest BCUT2D eigenvalue weighted by Gasteiger charge is 2.17. The van der Waals surface area contributed by atoms with Crippen LogP contribution in [0.5, 0.6) is 0 Å². The summed E-state index contributed by atoms with van der Waals surface area (Å²) in [6, 6.07) is 12.5. The van der Waals surface area contributed by atoms with Crippen molar-refractivity contribution in [1.29, 1.82) is 0 Å². The summed E-state index contributed by atoms with van der Waals surface area (Å²) in [5, 5.41) is 14.0. The van der Waals surface area contributed by atoms with Gasteiger partial charge in [-0.25, -0.2) is 0 Å². The number of para-hydroxylation sites is 1. The average Bonchev–Trinajstić information content (AvgIpc) is 2.37. The Hall–Kier alpha value is -2.08. The lowest BCUT2D eigenvalue weighted by atomic mass is 10.2. The summed E-state index contributed by atoms with van der Waals surface area (Å²) in [5.74, 6) is 0. The maximum absolute atomic E-state index is 11.0. The molecule has 19 heavy (non-hydrogen) atoms. The minimum Gasteiger partial charge on any atom is -0.393 e. The third-order valence-electron chi connectivity index (χ3n) is 2.68. The van der Waals surface area contributed by atoms with Gasteiger partial charge in [0, 0.05) is 11.0 Å². The molecule has 0 fully saturated rings. The zero-order chi connectivity index (χ0) is 13.8. The highest BCUT2D eigenvalue weighted by atomic mass is 79.9. The SMILES string of the molecule is Nc1cccc(NCc2ccccc2Br)c1[N+](=O)[O-]. The first-order chi connectivity index (χ1) is 9.09. The van der Waals surface area contributed by atoms with Crippen molar-refractivity contribution in [1.82, 2.24) is 0 Å². The summed E-state index contributed by atoms with van der Waals surface area (Å²) in [7, 11) is 0. The van der Waals surface area contributed by atoms with E-state index in [0.717, 1.165) is 10.0 Å². The van der Waals surface area contributed by atoms with Crippen LogP contribution in [0, 0.1) is 10.1 Å². The van der Waals surface area contributed by atoms with Gasteiger partial charge < -0.3 is 11.1 Å². The highest BCUT2D eigenvalue weighted by Crippen LogP contribution is 2.31. The van der Waals surface area contributed by atoms with Gasteiger partial charge in [0.2, 0.25) is 0 Å². The molecule has 5 nitrogen and oxygen atoms in total. The van der Waals surface area contributed by atoms with Gasteiger partial charge in [-0.3, -0.25) is 10.1 Å². The number of anilines is 2. The van der Waals surface area contributed by atoms with Gasteiger partial charge in [-0.15, -0.1) is 0 Å². The number of nitrogen functional groups attached to an aromatic ring is 1. The van der Waals surface area contributed by atoms with Crippen LogP contribution in [0.1, 0.15) is 5.56 Å². The first-order valence-corrected chi connectivity index (χ1v) is 6.39. The minimum absolute atomic E-state index is 0.0884. The van der Waals surface area contributed by atoms with E-state index in [1.807, 2.05) is 24.3 Å². The molecule has 3 N–H and O–H groups in total. The first kappa shape index (κ1) is 13.4. The minimum atomic E-state index is -0.474. The Kier molecular flexibility index (Phi) is 4.01. The van der Waals surface area contributed by atoms with E-state index in [2.05, 4.69) is 21.2 Å². The Morgan fingerprint density at radius 1 is 1.21 bits per heavy atom. The number of hydrogen-bond donors (Lipinski definition) is 2. The number of benzene rings is 2. The van der Waals surface area contributed by atoms with Gasteiger partial charge in [0.25, 0.3) is 0 Å². The van der Waals surface area contributed by atoms with Gasteiger partial charge >= 0.3 is 5.69 Å². The molecule has 0 radical (unpaired) electrons. The maximum Gasteiger partial charge on any atom is 0.314 e. The lowest BCUT2D eigenvalue weighted by molar-refractivity contribution is -0.383. The summed E-state index contributed by atoms with van der Waals surface area (Å²) in [6.07, 6.45) is 0. The van der Waals surface area contributed by atoms with Crippen LogP contribution in [0.15, 0.2) is 46.9 Å². The van der Waals surface area contributed by atoms with Crippen LogP contribution in [0.2, 0.25) is 0 Å². The van der Waals surface area contributed by atoms with Crippen LogP contribution in [0.4, 0.5) is 17.1 Å². The average molecular weight is 322 g/mol. The highest BCUT2D eigenvalue weighted by molar-refractivity contribution is 9.10. The van der Waals surface area contributed by atoms with Gasteiger partial charge in [-0.2, -0.15) is 0 Å². The van der Waals surface area contributed by atoms with Gasteiger partial charge in [-0.05, 0) is 23.8 Å². The molecule has 0 aromatic heterocycles. The number of nitro benzene ring substituents is 1. The van der Waals surface area contributed by atoms with Crippen molar-refractivity contribution in [2.24, 2.45) is 0 Å². The van der Waals surface area contributed by atoms with E-state index in [-0.39, 0.29) is 11.4 Å². The molecule has 98 valence electrons. The molecule has 0 amide bonds. The molecule has 0 bridgehead atoms. The number of rotatable bonds is 4. The maximum atomic E-state index is 11.0. The second-order valence-electron chi connectivity index (χ2n) is 3.95. The lowest BCUT2D eigenvalue weighted by Gasteiger charge is -2.09. The second-order valence-corrected chi connectivity index (χ2v) is 4.80. The number of nitrogens with one attached hydrogen (secondary N) is 1. The number of nitrogens with zero attached hydrogens (tertiary/aromatic N) is 1. The molecule has 0 aliphatic carbocycles. The molecule has 6 heteroatoms. The molecule has 0 aliphatic heterocycles. The fourth-order valence-corrected chi connectivity index (χ4v) is 2.16. The number of hydrogen-bond acceptors (Lipinski definition) is 4. The Morgan fingerprint density at radius 3 is 2.63 bits per heavy atom. The molecular weight excluding hydrogens is 310 g/mol. The van der Waals surface area contributed by atoms with Crippen molar-refractivity contribution in [3.63, 3.8) is 0 Å². The molecule has 0 saturated carbocycles. The smallest absolute Gasteiger partial charge is 0.314 e. The van der Waals surface area contributed by atoms with Gasteiger partial charge in [-0.1, -0.05) is 40.2 Å². The largest absolute Gasteiger partial charge is 0.393 e. The number of nitro groups is 1. The van der Waals surface area contributed by atoms with E-state index in [0.29, 0.717) is 12.2 Å². The van der Waals surface area contributed by atoms with Crippen LogP contribution in [0.25, 0.3) is 0 Å². The molecular formula is C13H12BrN3O2. The van der Waals surface area contributed by atoms with Crippen molar-refractivity contribution >= 4 is 33.0 Å². The predicted molar refractivity (Wildman–Crippen MR) is 79.0 cm³/mol.